The summed E-state index contributed by atoms with van der Waals surface area (Å²) in [7, 11) is 1.91. The Balaban J connectivity index is 2.07. The van der Waals surface area contributed by atoms with E-state index < -0.39 is 0 Å². The second kappa shape index (κ2) is 4.58. The van der Waals surface area contributed by atoms with Gasteiger partial charge in [0, 0.05) is 13.2 Å². The molecule has 0 aliphatic carbocycles. The summed E-state index contributed by atoms with van der Waals surface area (Å²) in [5.41, 5.74) is 3.03. The molecule has 0 atom stereocenters. The van der Waals surface area contributed by atoms with Gasteiger partial charge in [0.1, 0.15) is 0 Å². The molecule has 1 heterocycles. The molecule has 0 amide bonds. The number of benzene rings is 1. The lowest BCUT2D eigenvalue weighted by atomic mass is 10.2. The lowest BCUT2D eigenvalue weighted by molar-refractivity contribution is 0.747. The third-order valence-electron chi connectivity index (χ3n) is 2.42. The summed E-state index contributed by atoms with van der Waals surface area (Å²) < 4.78 is 1.79. The largest absolute Gasteiger partial charge is 0.378 e. The van der Waals surface area contributed by atoms with Gasteiger partial charge in [-0.3, -0.25) is 4.68 Å². The first kappa shape index (κ1) is 11.0. The molecule has 0 saturated heterocycles. The van der Waals surface area contributed by atoms with Crippen molar-refractivity contribution in [2.75, 3.05) is 5.32 Å². The van der Waals surface area contributed by atoms with E-state index >= 15 is 0 Å². The molecule has 84 valence electrons. The van der Waals surface area contributed by atoms with Gasteiger partial charge in [-0.25, -0.2) is 0 Å². The average Bonchev–Trinajstić information content (AvgIpc) is 2.67. The molecule has 0 bridgehead atoms. The zero-order valence-electron chi connectivity index (χ0n) is 9.37. The standard InChI is InChI=1S/C12H14ClN3/c1-9-4-3-5-11(12(9)13)14-8-10-6-7-16(2)15-10/h3-7,14H,8H2,1-2H3. The van der Waals surface area contributed by atoms with Gasteiger partial charge < -0.3 is 5.32 Å². The number of nitrogens with zero attached hydrogens (tertiary/aromatic N) is 2. The van der Waals surface area contributed by atoms with Crippen molar-refractivity contribution in [2.24, 2.45) is 7.05 Å². The minimum absolute atomic E-state index is 0.685. The molecule has 0 radical (unpaired) electrons. The predicted octanol–water partition coefficient (Wildman–Crippen LogP) is 2.99. The summed E-state index contributed by atoms with van der Waals surface area (Å²) in [5, 5.41) is 8.34. The van der Waals surface area contributed by atoms with Gasteiger partial charge in [-0.15, -0.1) is 0 Å². The van der Waals surface area contributed by atoms with Gasteiger partial charge in [0.05, 0.1) is 22.9 Å². The Morgan fingerprint density at radius 2 is 2.19 bits per heavy atom. The van der Waals surface area contributed by atoms with E-state index in [4.69, 9.17) is 11.6 Å². The summed E-state index contributed by atoms with van der Waals surface area (Å²) >= 11 is 6.18. The first-order valence-corrected chi connectivity index (χ1v) is 5.52. The Hall–Kier alpha value is -1.48. The SMILES string of the molecule is Cc1cccc(NCc2ccn(C)n2)c1Cl. The van der Waals surface area contributed by atoms with Gasteiger partial charge in [0.2, 0.25) is 0 Å². The van der Waals surface area contributed by atoms with Crippen LogP contribution in [0.2, 0.25) is 5.02 Å². The van der Waals surface area contributed by atoms with E-state index in [-0.39, 0.29) is 0 Å². The lowest BCUT2D eigenvalue weighted by Crippen LogP contribution is -2.02. The average molecular weight is 236 g/mol. The topological polar surface area (TPSA) is 29.9 Å². The van der Waals surface area contributed by atoms with E-state index in [9.17, 15) is 0 Å². The zero-order valence-corrected chi connectivity index (χ0v) is 10.1. The van der Waals surface area contributed by atoms with Gasteiger partial charge in [-0.1, -0.05) is 23.7 Å². The van der Waals surface area contributed by atoms with Gasteiger partial charge in [0.15, 0.2) is 0 Å². The molecule has 0 saturated carbocycles. The van der Waals surface area contributed by atoms with Crippen LogP contribution in [0.4, 0.5) is 5.69 Å². The van der Waals surface area contributed by atoms with Crippen LogP contribution in [0.3, 0.4) is 0 Å². The number of halogens is 1. The molecule has 2 rings (SSSR count). The second-order valence-corrected chi connectivity index (χ2v) is 4.15. The Labute approximate surface area is 100 Å². The summed E-state index contributed by atoms with van der Waals surface area (Å²) in [6.45, 7) is 2.68. The van der Waals surface area contributed by atoms with Crippen molar-refractivity contribution in [1.82, 2.24) is 9.78 Å². The molecule has 16 heavy (non-hydrogen) atoms. The minimum atomic E-state index is 0.685. The molecule has 0 fully saturated rings. The van der Waals surface area contributed by atoms with Crippen LogP contribution in [0.1, 0.15) is 11.3 Å². The molecule has 4 heteroatoms. The Morgan fingerprint density at radius 1 is 1.38 bits per heavy atom. The maximum absolute atomic E-state index is 6.18. The van der Waals surface area contributed by atoms with Crippen LogP contribution < -0.4 is 5.32 Å². The van der Waals surface area contributed by atoms with Gasteiger partial charge in [0.25, 0.3) is 0 Å². The van der Waals surface area contributed by atoms with Crippen molar-refractivity contribution in [1.29, 1.82) is 0 Å². The van der Waals surface area contributed by atoms with Crippen LogP contribution in [-0.2, 0) is 13.6 Å². The number of hydrogen-bond acceptors (Lipinski definition) is 2. The van der Waals surface area contributed by atoms with Gasteiger partial charge in [-0.05, 0) is 24.6 Å². The first-order valence-electron chi connectivity index (χ1n) is 5.14. The number of aryl methyl sites for hydroxylation is 2. The molecule has 1 N–H and O–H groups in total. The van der Waals surface area contributed by atoms with Crippen molar-refractivity contribution in [3.63, 3.8) is 0 Å². The van der Waals surface area contributed by atoms with E-state index in [1.807, 2.05) is 44.4 Å². The van der Waals surface area contributed by atoms with Crippen molar-refractivity contribution < 1.29 is 0 Å². The summed E-state index contributed by atoms with van der Waals surface area (Å²) in [4.78, 5) is 0. The predicted molar refractivity (Wildman–Crippen MR) is 66.7 cm³/mol. The van der Waals surface area contributed by atoms with Gasteiger partial charge in [-0.2, -0.15) is 5.10 Å². The van der Waals surface area contributed by atoms with Crippen LogP contribution in [0.15, 0.2) is 30.5 Å². The fourth-order valence-electron chi connectivity index (χ4n) is 1.53. The van der Waals surface area contributed by atoms with E-state index in [1.54, 1.807) is 4.68 Å². The number of nitrogens with one attached hydrogen (secondary N) is 1. The van der Waals surface area contributed by atoms with E-state index in [1.165, 1.54) is 0 Å². The molecule has 1 aromatic carbocycles. The van der Waals surface area contributed by atoms with Crippen LogP contribution in [0, 0.1) is 6.92 Å². The summed E-state index contributed by atoms with van der Waals surface area (Å²) in [5.74, 6) is 0. The Kier molecular flexibility index (Phi) is 3.15. The zero-order chi connectivity index (χ0) is 11.5. The molecule has 0 aliphatic rings. The number of aromatic nitrogens is 2. The van der Waals surface area contributed by atoms with Crippen LogP contribution in [0.5, 0.6) is 0 Å². The quantitative estimate of drug-likeness (QED) is 0.887. The molecular weight excluding hydrogens is 222 g/mol. The minimum Gasteiger partial charge on any atom is -0.378 e. The monoisotopic (exact) mass is 235 g/mol. The maximum Gasteiger partial charge on any atom is 0.0815 e. The van der Waals surface area contributed by atoms with Crippen LogP contribution >= 0.6 is 11.6 Å². The molecule has 2 aromatic rings. The Bertz CT molecular complexity index is 491. The fourth-order valence-corrected chi connectivity index (χ4v) is 1.72. The smallest absolute Gasteiger partial charge is 0.0815 e. The maximum atomic E-state index is 6.18. The van der Waals surface area contributed by atoms with E-state index in [2.05, 4.69) is 10.4 Å². The number of anilines is 1. The molecule has 0 unspecified atom stereocenters. The van der Waals surface area contributed by atoms with Crippen molar-refractivity contribution in [2.45, 2.75) is 13.5 Å². The van der Waals surface area contributed by atoms with Crippen molar-refractivity contribution in [3.8, 4) is 0 Å². The van der Waals surface area contributed by atoms with Crippen molar-refractivity contribution in [3.05, 3.63) is 46.7 Å². The fraction of sp³-hybridized carbons (Fsp3) is 0.250. The highest BCUT2D eigenvalue weighted by atomic mass is 35.5. The van der Waals surface area contributed by atoms with Gasteiger partial charge >= 0.3 is 0 Å². The molecule has 3 nitrogen and oxygen atoms in total. The Morgan fingerprint density at radius 3 is 2.88 bits per heavy atom. The highest BCUT2D eigenvalue weighted by Crippen LogP contribution is 2.25. The number of rotatable bonds is 3. The lowest BCUT2D eigenvalue weighted by Gasteiger charge is -2.08. The highest BCUT2D eigenvalue weighted by Gasteiger charge is 2.03. The number of hydrogen-bond donors (Lipinski definition) is 1. The second-order valence-electron chi connectivity index (χ2n) is 3.77. The van der Waals surface area contributed by atoms with E-state index in [0.717, 1.165) is 22.0 Å². The summed E-state index contributed by atoms with van der Waals surface area (Å²) in [6, 6.07) is 7.94. The third-order valence-corrected chi connectivity index (χ3v) is 2.92. The molecule has 0 aliphatic heterocycles. The summed E-state index contributed by atoms with van der Waals surface area (Å²) in [6.07, 6.45) is 1.93. The highest BCUT2D eigenvalue weighted by molar-refractivity contribution is 6.33. The third kappa shape index (κ3) is 2.36. The van der Waals surface area contributed by atoms with Crippen LogP contribution in [-0.4, -0.2) is 9.78 Å². The normalized spacial score (nSPS) is 10.4. The van der Waals surface area contributed by atoms with Crippen LogP contribution in [0.25, 0.3) is 0 Å². The molecule has 1 aromatic heterocycles. The molecule has 0 spiro atoms. The van der Waals surface area contributed by atoms with Crippen molar-refractivity contribution >= 4 is 17.3 Å². The molecular formula is C12H14ClN3. The van der Waals surface area contributed by atoms with E-state index in [0.29, 0.717) is 6.54 Å². The first-order chi connectivity index (χ1) is 7.66.